The van der Waals surface area contributed by atoms with E-state index in [9.17, 15) is 14.7 Å². The second-order valence-corrected chi connectivity index (χ2v) is 8.31. The van der Waals surface area contributed by atoms with Crippen molar-refractivity contribution in [1.82, 2.24) is 9.80 Å². The van der Waals surface area contributed by atoms with Crippen LogP contribution in [0.5, 0.6) is 11.5 Å². The zero-order valence-corrected chi connectivity index (χ0v) is 19.8. The Labute approximate surface area is 205 Å². The molecule has 2 saturated heterocycles. The van der Waals surface area contributed by atoms with Crippen LogP contribution in [0.25, 0.3) is 5.76 Å². The highest BCUT2D eigenvalue weighted by Gasteiger charge is 2.47. The Kier molecular flexibility index (Phi) is 7.84. The van der Waals surface area contributed by atoms with Crippen molar-refractivity contribution in [3.63, 3.8) is 0 Å². The lowest BCUT2D eigenvalue weighted by Gasteiger charge is -2.31. The van der Waals surface area contributed by atoms with Crippen LogP contribution in [0.15, 0.2) is 66.8 Å². The first-order valence-corrected chi connectivity index (χ1v) is 11.6. The van der Waals surface area contributed by atoms with E-state index in [0.29, 0.717) is 55.5 Å². The molecule has 1 amide bonds. The second kappa shape index (κ2) is 11.2. The number of ether oxygens (including phenoxy) is 3. The van der Waals surface area contributed by atoms with Gasteiger partial charge in [0.15, 0.2) is 0 Å². The third-order valence-electron chi connectivity index (χ3n) is 6.23. The molecule has 0 aromatic heterocycles. The SMILES string of the molecule is C=CCOc1ccc(C(O)=C2C(=O)C(=O)N(CCN3CCOCC3)[C@@H]2c2ccccc2OC)cc1. The number of rotatable bonds is 9. The smallest absolute Gasteiger partial charge is 0.295 e. The van der Waals surface area contributed by atoms with Crippen molar-refractivity contribution in [2.45, 2.75) is 6.04 Å². The van der Waals surface area contributed by atoms with E-state index in [1.165, 1.54) is 4.90 Å². The zero-order valence-electron chi connectivity index (χ0n) is 19.8. The molecular formula is C27H30N2O6. The Morgan fingerprint density at radius 3 is 2.51 bits per heavy atom. The summed E-state index contributed by atoms with van der Waals surface area (Å²) in [5.41, 5.74) is 1.10. The molecule has 0 radical (unpaired) electrons. The molecule has 2 aliphatic heterocycles. The van der Waals surface area contributed by atoms with Crippen LogP contribution in [-0.2, 0) is 14.3 Å². The Morgan fingerprint density at radius 2 is 1.83 bits per heavy atom. The quantitative estimate of drug-likeness (QED) is 0.257. The van der Waals surface area contributed by atoms with Crippen molar-refractivity contribution in [2.24, 2.45) is 0 Å². The number of benzene rings is 2. The molecule has 0 unspecified atom stereocenters. The van der Waals surface area contributed by atoms with Gasteiger partial charge in [0.1, 0.15) is 23.9 Å². The number of likely N-dealkylation sites (tertiary alicyclic amines) is 1. The standard InChI is InChI=1S/C27H30N2O6/c1-3-16-35-20-10-8-19(9-11-20)25(30)23-24(21-6-4-5-7-22(21)33-2)29(27(32)26(23)31)13-12-28-14-17-34-18-15-28/h3-11,24,30H,1,12-18H2,2H3/t24-/m1/s1. The summed E-state index contributed by atoms with van der Waals surface area (Å²) in [6, 6.07) is 13.2. The topological polar surface area (TPSA) is 88.5 Å². The summed E-state index contributed by atoms with van der Waals surface area (Å²) < 4.78 is 16.5. The molecule has 0 aliphatic carbocycles. The lowest BCUT2D eigenvalue weighted by Crippen LogP contribution is -2.42. The Morgan fingerprint density at radius 1 is 1.11 bits per heavy atom. The molecule has 0 spiro atoms. The molecule has 8 heteroatoms. The lowest BCUT2D eigenvalue weighted by molar-refractivity contribution is -0.140. The number of hydrogen-bond acceptors (Lipinski definition) is 7. The summed E-state index contributed by atoms with van der Waals surface area (Å²) in [5, 5.41) is 11.3. The Hall–Kier alpha value is -3.62. The lowest BCUT2D eigenvalue weighted by atomic mass is 9.94. The van der Waals surface area contributed by atoms with Gasteiger partial charge in [0, 0.05) is 37.3 Å². The Balaban J connectivity index is 1.72. The molecule has 8 nitrogen and oxygen atoms in total. The first-order valence-electron chi connectivity index (χ1n) is 11.6. The minimum Gasteiger partial charge on any atom is -0.507 e. The number of Topliss-reactive ketones (excluding diaryl/α,β-unsaturated/α-hetero) is 1. The third kappa shape index (κ3) is 5.23. The molecule has 2 aromatic carbocycles. The van der Waals surface area contributed by atoms with E-state index in [1.807, 2.05) is 18.2 Å². The van der Waals surface area contributed by atoms with Gasteiger partial charge in [0.25, 0.3) is 11.7 Å². The van der Waals surface area contributed by atoms with Crippen LogP contribution in [-0.4, -0.2) is 79.7 Å². The van der Waals surface area contributed by atoms with Gasteiger partial charge in [-0.05, 0) is 30.3 Å². The van der Waals surface area contributed by atoms with Gasteiger partial charge in [0.2, 0.25) is 0 Å². The molecule has 184 valence electrons. The van der Waals surface area contributed by atoms with Gasteiger partial charge < -0.3 is 24.2 Å². The molecule has 0 bridgehead atoms. The van der Waals surface area contributed by atoms with E-state index in [0.717, 1.165) is 13.1 Å². The minimum absolute atomic E-state index is 0.0428. The highest BCUT2D eigenvalue weighted by Crippen LogP contribution is 2.42. The Bertz CT molecular complexity index is 1100. The molecule has 0 saturated carbocycles. The number of nitrogens with zero attached hydrogens (tertiary/aromatic N) is 2. The molecule has 2 aromatic rings. The number of para-hydroxylation sites is 1. The first-order chi connectivity index (χ1) is 17.0. The number of methoxy groups -OCH3 is 1. The molecular weight excluding hydrogens is 448 g/mol. The first kappa shape index (κ1) is 24.5. The van der Waals surface area contributed by atoms with Crippen LogP contribution in [0.1, 0.15) is 17.2 Å². The van der Waals surface area contributed by atoms with Gasteiger partial charge in [-0.3, -0.25) is 14.5 Å². The summed E-state index contributed by atoms with van der Waals surface area (Å²) in [4.78, 5) is 30.2. The van der Waals surface area contributed by atoms with E-state index in [-0.39, 0.29) is 11.3 Å². The van der Waals surface area contributed by atoms with Crippen LogP contribution in [0.3, 0.4) is 0 Å². The van der Waals surface area contributed by atoms with Gasteiger partial charge in [-0.2, -0.15) is 0 Å². The molecule has 2 fully saturated rings. The summed E-state index contributed by atoms with van der Waals surface area (Å²) in [6.07, 6.45) is 1.64. The predicted molar refractivity (Wildman–Crippen MR) is 131 cm³/mol. The van der Waals surface area contributed by atoms with Crippen LogP contribution in [0.2, 0.25) is 0 Å². The number of hydrogen-bond donors (Lipinski definition) is 1. The second-order valence-electron chi connectivity index (χ2n) is 8.31. The van der Waals surface area contributed by atoms with E-state index in [2.05, 4.69) is 11.5 Å². The van der Waals surface area contributed by atoms with Crippen molar-refractivity contribution >= 4 is 17.4 Å². The van der Waals surface area contributed by atoms with Crippen molar-refractivity contribution in [2.75, 3.05) is 53.1 Å². The fraction of sp³-hybridized carbons (Fsp3) is 0.333. The summed E-state index contributed by atoms with van der Waals surface area (Å²) in [7, 11) is 1.54. The number of amides is 1. The van der Waals surface area contributed by atoms with Crippen molar-refractivity contribution < 1.29 is 28.9 Å². The minimum atomic E-state index is -0.774. The summed E-state index contributed by atoms with van der Waals surface area (Å²) >= 11 is 0. The van der Waals surface area contributed by atoms with Gasteiger partial charge >= 0.3 is 0 Å². The van der Waals surface area contributed by atoms with E-state index in [1.54, 1.807) is 43.5 Å². The number of aliphatic hydroxyl groups is 1. The van der Waals surface area contributed by atoms with Crippen molar-refractivity contribution in [1.29, 1.82) is 0 Å². The van der Waals surface area contributed by atoms with Crippen LogP contribution in [0.4, 0.5) is 0 Å². The van der Waals surface area contributed by atoms with Gasteiger partial charge in [-0.25, -0.2) is 0 Å². The number of ketones is 1. The van der Waals surface area contributed by atoms with E-state index < -0.39 is 17.7 Å². The van der Waals surface area contributed by atoms with Crippen LogP contribution in [0, 0.1) is 0 Å². The largest absolute Gasteiger partial charge is 0.507 e. The molecule has 35 heavy (non-hydrogen) atoms. The molecule has 2 aliphatic rings. The van der Waals surface area contributed by atoms with Crippen LogP contribution >= 0.6 is 0 Å². The highest BCUT2D eigenvalue weighted by molar-refractivity contribution is 6.46. The van der Waals surface area contributed by atoms with Gasteiger partial charge in [-0.1, -0.05) is 30.9 Å². The molecule has 2 heterocycles. The molecule has 1 atom stereocenters. The van der Waals surface area contributed by atoms with Gasteiger partial charge in [-0.15, -0.1) is 0 Å². The van der Waals surface area contributed by atoms with E-state index >= 15 is 0 Å². The zero-order chi connectivity index (χ0) is 24.8. The average molecular weight is 479 g/mol. The maximum Gasteiger partial charge on any atom is 0.295 e. The number of aliphatic hydroxyl groups excluding tert-OH is 1. The van der Waals surface area contributed by atoms with Gasteiger partial charge in [0.05, 0.1) is 31.9 Å². The molecule has 1 N–H and O–H groups in total. The molecule has 4 rings (SSSR count). The summed E-state index contributed by atoms with van der Waals surface area (Å²) in [6.45, 7) is 7.72. The maximum atomic E-state index is 13.3. The third-order valence-corrected chi connectivity index (χ3v) is 6.23. The average Bonchev–Trinajstić information content (AvgIpc) is 3.16. The number of carbonyl (C=O) groups excluding carboxylic acids is 2. The fourth-order valence-corrected chi connectivity index (χ4v) is 4.42. The fourth-order valence-electron chi connectivity index (χ4n) is 4.42. The number of morpholine rings is 1. The van der Waals surface area contributed by atoms with Crippen LogP contribution < -0.4 is 9.47 Å². The van der Waals surface area contributed by atoms with Crippen molar-refractivity contribution in [3.8, 4) is 11.5 Å². The van der Waals surface area contributed by atoms with E-state index in [4.69, 9.17) is 14.2 Å². The number of carbonyl (C=O) groups is 2. The summed E-state index contributed by atoms with van der Waals surface area (Å²) in [5.74, 6) is -0.444. The highest BCUT2D eigenvalue weighted by atomic mass is 16.5. The predicted octanol–water partition coefficient (Wildman–Crippen LogP) is 3.01. The monoisotopic (exact) mass is 478 g/mol. The normalized spacial score (nSPS) is 20.1. The maximum absolute atomic E-state index is 13.3. The van der Waals surface area contributed by atoms with Crippen molar-refractivity contribution in [3.05, 3.63) is 77.9 Å².